The van der Waals surface area contributed by atoms with Crippen LogP contribution >= 0.6 is 7.82 Å². The number of nitriles is 1. The van der Waals surface area contributed by atoms with Gasteiger partial charge in [-0.15, -0.1) is 0 Å². The zero-order valence-electron chi connectivity index (χ0n) is 12.9. The number of rotatable bonds is 10. The molecule has 0 aromatic rings. The molecule has 9 heteroatoms. The first-order chi connectivity index (χ1) is 9.97. The van der Waals surface area contributed by atoms with Gasteiger partial charge in [0.05, 0.1) is 19.3 Å². The summed E-state index contributed by atoms with van der Waals surface area (Å²) < 4.78 is 25.4. The molecule has 0 amide bonds. The number of carbonyl (C=O) groups is 1. The summed E-state index contributed by atoms with van der Waals surface area (Å²) in [4.78, 5) is 28.5. The van der Waals surface area contributed by atoms with E-state index in [0.29, 0.717) is 12.8 Å². The summed E-state index contributed by atoms with van der Waals surface area (Å²) in [5.41, 5.74) is -1.09. The molecule has 0 rings (SSSR count). The van der Waals surface area contributed by atoms with Crippen molar-refractivity contribution in [2.24, 2.45) is 0 Å². The maximum absolute atomic E-state index is 11.4. The van der Waals surface area contributed by atoms with E-state index in [-0.39, 0.29) is 24.9 Å². The van der Waals surface area contributed by atoms with Gasteiger partial charge < -0.3 is 19.3 Å². The predicted octanol–water partition coefficient (Wildman–Crippen LogP) is 1.68. The molecule has 8 nitrogen and oxygen atoms in total. The summed E-state index contributed by atoms with van der Waals surface area (Å²) in [5.74, 6) is -0.768. The summed E-state index contributed by atoms with van der Waals surface area (Å²) in [6, 6.07) is 1.62. The van der Waals surface area contributed by atoms with Crippen LogP contribution in [0.15, 0.2) is 12.2 Å². The Kier molecular flexibility index (Phi) is 8.53. The van der Waals surface area contributed by atoms with Crippen LogP contribution in [-0.2, 0) is 23.4 Å². The van der Waals surface area contributed by atoms with Gasteiger partial charge in [-0.25, -0.2) is 9.36 Å². The molecule has 22 heavy (non-hydrogen) atoms. The van der Waals surface area contributed by atoms with E-state index in [4.69, 9.17) is 24.5 Å². The van der Waals surface area contributed by atoms with Crippen molar-refractivity contribution < 1.29 is 33.1 Å². The molecule has 2 N–H and O–H groups in total. The maximum atomic E-state index is 11.4. The van der Waals surface area contributed by atoms with Crippen molar-refractivity contribution in [3.8, 4) is 6.07 Å². The molecular weight excluding hydrogens is 313 g/mol. The lowest BCUT2D eigenvalue weighted by molar-refractivity contribution is -0.152. The van der Waals surface area contributed by atoms with Crippen molar-refractivity contribution in [2.45, 2.75) is 45.3 Å². The third-order valence-electron chi connectivity index (χ3n) is 2.64. The molecule has 0 aliphatic carbocycles. The van der Waals surface area contributed by atoms with Gasteiger partial charge in [0.25, 0.3) is 0 Å². The smallest absolute Gasteiger partial charge is 0.455 e. The van der Waals surface area contributed by atoms with Gasteiger partial charge in [0.1, 0.15) is 17.2 Å². The van der Waals surface area contributed by atoms with E-state index >= 15 is 0 Å². The van der Waals surface area contributed by atoms with Crippen LogP contribution in [0.25, 0.3) is 0 Å². The van der Waals surface area contributed by atoms with Crippen LogP contribution in [0.2, 0.25) is 0 Å². The highest BCUT2D eigenvalue weighted by atomic mass is 31.2. The highest BCUT2D eigenvalue weighted by molar-refractivity contribution is 7.46. The largest absolute Gasteiger partial charge is 0.469 e. The van der Waals surface area contributed by atoms with Gasteiger partial charge in [-0.3, -0.25) is 4.52 Å². The Labute approximate surface area is 129 Å². The fourth-order valence-corrected chi connectivity index (χ4v) is 1.68. The average Bonchev–Trinajstić information content (AvgIpc) is 2.35. The highest BCUT2D eigenvalue weighted by Gasteiger charge is 2.24. The summed E-state index contributed by atoms with van der Waals surface area (Å²) in [6.07, 6.45) is 0.435. The summed E-state index contributed by atoms with van der Waals surface area (Å²) >= 11 is 0. The van der Waals surface area contributed by atoms with Crippen LogP contribution in [0, 0.1) is 11.3 Å². The molecule has 0 saturated carbocycles. The normalized spacial score (nSPS) is 13.3. The van der Waals surface area contributed by atoms with Gasteiger partial charge in [0.2, 0.25) is 0 Å². The molecule has 0 radical (unpaired) electrons. The van der Waals surface area contributed by atoms with Gasteiger partial charge in [0, 0.05) is 6.42 Å². The summed E-state index contributed by atoms with van der Waals surface area (Å²) in [7, 11) is -4.45. The minimum Gasteiger partial charge on any atom is -0.455 e. The van der Waals surface area contributed by atoms with E-state index in [9.17, 15) is 9.36 Å². The number of hydrogen-bond acceptors (Lipinski definition) is 6. The SMILES string of the molecule is C=C(C#N)C(=O)OC(C)(C)CCOC(C)CCOP(=O)(O)O. The molecule has 0 aliphatic rings. The second-order valence-electron chi connectivity index (χ2n) is 5.28. The second-order valence-corrected chi connectivity index (χ2v) is 6.52. The lowest BCUT2D eigenvalue weighted by Crippen LogP contribution is -2.30. The van der Waals surface area contributed by atoms with Gasteiger partial charge in [0.15, 0.2) is 0 Å². The first-order valence-corrected chi connectivity index (χ1v) is 8.14. The van der Waals surface area contributed by atoms with Crippen LogP contribution in [0.4, 0.5) is 0 Å². The molecule has 0 fully saturated rings. The fourth-order valence-electron chi connectivity index (χ4n) is 1.34. The molecule has 1 unspecified atom stereocenters. The molecule has 0 aromatic heterocycles. The minimum atomic E-state index is -4.45. The number of hydrogen-bond donors (Lipinski definition) is 2. The third-order valence-corrected chi connectivity index (χ3v) is 3.16. The number of phosphoric ester groups is 1. The molecule has 0 aliphatic heterocycles. The molecule has 0 aromatic carbocycles. The van der Waals surface area contributed by atoms with E-state index in [1.54, 1.807) is 26.8 Å². The Morgan fingerprint density at radius 2 is 2.00 bits per heavy atom. The Morgan fingerprint density at radius 3 is 2.50 bits per heavy atom. The van der Waals surface area contributed by atoms with Crippen LogP contribution in [0.5, 0.6) is 0 Å². The number of phosphoric acid groups is 1. The monoisotopic (exact) mass is 335 g/mol. The van der Waals surface area contributed by atoms with Crippen molar-refractivity contribution >= 4 is 13.8 Å². The Balaban J connectivity index is 4.02. The van der Waals surface area contributed by atoms with E-state index in [2.05, 4.69) is 11.1 Å². The first-order valence-electron chi connectivity index (χ1n) is 6.61. The van der Waals surface area contributed by atoms with E-state index < -0.39 is 19.4 Å². The summed E-state index contributed by atoms with van der Waals surface area (Å²) in [6.45, 7) is 8.53. The number of carbonyl (C=O) groups excluding carboxylic acids is 1. The Hall–Kier alpha value is -1.23. The topological polar surface area (TPSA) is 126 Å². The van der Waals surface area contributed by atoms with Gasteiger partial charge in [-0.2, -0.15) is 5.26 Å². The molecule has 0 spiro atoms. The van der Waals surface area contributed by atoms with Gasteiger partial charge in [-0.1, -0.05) is 6.58 Å². The molecule has 1 atom stereocenters. The maximum Gasteiger partial charge on any atom is 0.469 e. The van der Waals surface area contributed by atoms with Crippen LogP contribution in [0.1, 0.15) is 33.6 Å². The Morgan fingerprint density at radius 1 is 1.41 bits per heavy atom. The van der Waals surface area contributed by atoms with E-state index in [0.717, 1.165) is 0 Å². The van der Waals surface area contributed by atoms with E-state index in [1.807, 2.05) is 0 Å². The lowest BCUT2D eigenvalue weighted by atomic mass is 10.1. The van der Waals surface area contributed by atoms with Crippen molar-refractivity contribution in [2.75, 3.05) is 13.2 Å². The second kappa shape index (κ2) is 9.03. The molecule has 0 bridgehead atoms. The predicted molar refractivity (Wildman–Crippen MR) is 77.6 cm³/mol. The van der Waals surface area contributed by atoms with Crippen LogP contribution < -0.4 is 0 Å². The zero-order valence-corrected chi connectivity index (χ0v) is 13.8. The highest BCUT2D eigenvalue weighted by Crippen LogP contribution is 2.35. The quantitative estimate of drug-likeness (QED) is 0.267. The Bertz CT molecular complexity index is 477. The molecule has 0 heterocycles. The first kappa shape index (κ1) is 20.8. The van der Waals surface area contributed by atoms with Gasteiger partial charge >= 0.3 is 13.8 Å². The number of ether oxygens (including phenoxy) is 2. The van der Waals surface area contributed by atoms with Crippen LogP contribution in [-0.4, -0.2) is 40.7 Å². The minimum absolute atomic E-state index is 0.119. The van der Waals surface area contributed by atoms with Crippen molar-refractivity contribution in [3.63, 3.8) is 0 Å². The zero-order chi connectivity index (χ0) is 17.4. The summed E-state index contributed by atoms with van der Waals surface area (Å²) in [5, 5.41) is 8.55. The average molecular weight is 335 g/mol. The molecule has 0 saturated heterocycles. The van der Waals surface area contributed by atoms with Crippen molar-refractivity contribution in [1.82, 2.24) is 0 Å². The number of esters is 1. The van der Waals surface area contributed by atoms with E-state index in [1.165, 1.54) is 0 Å². The third kappa shape index (κ3) is 10.5. The van der Waals surface area contributed by atoms with Crippen LogP contribution in [0.3, 0.4) is 0 Å². The number of nitrogens with zero attached hydrogens (tertiary/aromatic N) is 1. The lowest BCUT2D eigenvalue weighted by Gasteiger charge is -2.25. The van der Waals surface area contributed by atoms with Crippen molar-refractivity contribution in [1.29, 1.82) is 5.26 Å². The molecular formula is C13H22NO7P. The fraction of sp³-hybridized carbons (Fsp3) is 0.692. The standard InChI is InChI=1S/C13H22NO7P/c1-10(9-14)12(15)21-13(3,4)6-8-19-11(2)5-7-20-22(16,17)18/h11H,1,5-8H2,2-4H3,(H2,16,17,18). The van der Waals surface area contributed by atoms with Gasteiger partial charge in [-0.05, 0) is 27.2 Å². The van der Waals surface area contributed by atoms with Crippen molar-refractivity contribution in [3.05, 3.63) is 12.2 Å². The molecule has 126 valence electrons.